The molecule has 3 amide bonds. The molecule has 5 nitrogen and oxygen atoms in total. The molecule has 0 unspecified atom stereocenters. The Balaban J connectivity index is 2.06. The zero-order chi connectivity index (χ0) is 19.3. The van der Waals surface area contributed by atoms with Crippen molar-refractivity contribution in [2.24, 2.45) is 0 Å². The molecule has 0 aromatic heterocycles. The lowest BCUT2D eigenvalue weighted by molar-refractivity contribution is -0.137. The van der Waals surface area contributed by atoms with Gasteiger partial charge in [0.15, 0.2) is 0 Å². The van der Waals surface area contributed by atoms with Crippen LogP contribution in [0.4, 0.5) is 18.0 Å². The highest BCUT2D eigenvalue weighted by Gasteiger charge is 2.35. The second-order valence-corrected chi connectivity index (χ2v) is 7.10. The van der Waals surface area contributed by atoms with E-state index in [4.69, 9.17) is 0 Å². The minimum Gasteiger partial charge on any atom is -0.338 e. The number of carbonyl (C=O) groups excluding carboxylic acids is 2. The molecule has 1 saturated heterocycles. The van der Waals surface area contributed by atoms with Crippen LogP contribution in [0, 0.1) is 0 Å². The summed E-state index contributed by atoms with van der Waals surface area (Å²) in [5.74, 6) is 0.0758. The minimum atomic E-state index is -4.42. The van der Waals surface area contributed by atoms with Gasteiger partial charge < -0.3 is 15.1 Å². The highest BCUT2D eigenvalue weighted by molar-refractivity contribution is 8.00. The van der Waals surface area contributed by atoms with Gasteiger partial charge in [-0.3, -0.25) is 4.79 Å². The quantitative estimate of drug-likeness (QED) is 0.812. The van der Waals surface area contributed by atoms with Gasteiger partial charge in [0.2, 0.25) is 5.91 Å². The number of rotatable bonds is 6. The van der Waals surface area contributed by atoms with Gasteiger partial charge in [0.05, 0.1) is 11.3 Å². The molecule has 1 aromatic carbocycles. The van der Waals surface area contributed by atoms with Crippen LogP contribution in [0.5, 0.6) is 0 Å². The van der Waals surface area contributed by atoms with Gasteiger partial charge in [-0.15, -0.1) is 11.8 Å². The maximum absolute atomic E-state index is 12.9. The molecule has 1 fully saturated rings. The summed E-state index contributed by atoms with van der Waals surface area (Å²) in [6.45, 7) is 3.08. The second-order valence-electron chi connectivity index (χ2n) is 6.03. The summed E-state index contributed by atoms with van der Waals surface area (Å²) in [5, 5.41) is 2.26. The van der Waals surface area contributed by atoms with Crippen molar-refractivity contribution < 1.29 is 22.8 Å². The third-order valence-corrected chi connectivity index (χ3v) is 5.27. The van der Waals surface area contributed by atoms with Crippen LogP contribution in [-0.4, -0.2) is 54.2 Å². The van der Waals surface area contributed by atoms with Crippen molar-refractivity contribution in [3.63, 3.8) is 0 Å². The maximum atomic E-state index is 12.9. The predicted molar refractivity (Wildman–Crippen MR) is 94.7 cm³/mol. The zero-order valence-electron chi connectivity index (χ0n) is 14.7. The van der Waals surface area contributed by atoms with Crippen LogP contribution in [0.2, 0.25) is 0 Å². The molecule has 1 aromatic rings. The Morgan fingerprint density at radius 1 is 1.42 bits per heavy atom. The van der Waals surface area contributed by atoms with E-state index in [0.717, 1.165) is 18.6 Å². The van der Waals surface area contributed by atoms with Crippen molar-refractivity contribution in [1.82, 2.24) is 15.1 Å². The van der Waals surface area contributed by atoms with Gasteiger partial charge in [-0.1, -0.05) is 19.1 Å². The highest BCUT2D eigenvalue weighted by Crippen LogP contribution is 2.40. The number of carbonyl (C=O) groups is 2. The number of hydrogen-bond acceptors (Lipinski definition) is 3. The van der Waals surface area contributed by atoms with Crippen LogP contribution < -0.4 is 5.32 Å². The smallest absolute Gasteiger partial charge is 0.338 e. The SMILES string of the molecule is CCCNC(=O)N(C)CCN1C(=O)CS[C@H]1c1cccc(C(F)(F)F)c1. The number of nitrogens with zero attached hydrogens (tertiary/aromatic N) is 2. The number of benzene rings is 1. The van der Waals surface area contributed by atoms with Gasteiger partial charge in [0.1, 0.15) is 5.37 Å². The molecule has 144 valence electrons. The Labute approximate surface area is 154 Å². The van der Waals surface area contributed by atoms with Crippen molar-refractivity contribution in [2.45, 2.75) is 24.9 Å². The van der Waals surface area contributed by atoms with Gasteiger partial charge in [0, 0.05) is 26.7 Å². The van der Waals surface area contributed by atoms with Gasteiger partial charge in [0.25, 0.3) is 0 Å². The van der Waals surface area contributed by atoms with E-state index < -0.39 is 17.1 Å². The van der Waals surface area contributed by atoms with Gasteiger partial charge in [-0.05, 0) is 24.1 Å². The summed E-state index contributed by atoms with van der Waals surface area (Å²) in [4.78, 5) is 27.0. The summed E-state index contributed by atoms with van der Waals surface area (Å²) < 4.78 is 38.8. The number of alkyl halides is 3. The zero-order valence-corrected chi connectivity index (χ0v) is 15.5. The normalized spacial score (nSPS) is 17.5. The first kappa shape index (κ1) is 20.4. The topological polar surface area (TPSA) is 52.7 Å². The van der Waals surface area contributed by atoms with E-state index in [2.05, 4.69) is 5.32 Å². The number of amides is 3. The van der Waals surface area contributed by atoms with Crippen molar-refractivity contribution >= 4 is 23.7 Å². The van der Waals surface area contributed by atoms with Crippen LogP contribution in [-0.2, 0) is 11.0 Å². The molecular formula is C17H22F3N3O2S. The second kappa shape index (κ2) is 8.66. The number of likely N-dealkylation sites (N-methyl/N-ethyl adjacent to an activating group) is 1. The lowest BCUT2D eigenvalue weighted by atomic mass is 10.1. The van der Waals surface area contributed by atoms with E-state index >= 15 is 0 Å². The molecule has 0 spiro atoms. The molecule has 1 aliphatic heterocycles. The Morgan fingerprint density at radius 2 is 2.15 bits per heavy atom. The lowest BCUT2D eigenvalue weighted by Crippen LogP contribution is -2.42. The molecule has 0 aliphatic carbocycles. The minimum absolute atomic E-state index is 0.139. The standard InChI is InChI=1S/C17H22F3N3O2S/c1-3-7-21-16(25)22(2)8-9-23-14(24)11-26-15(23)12-5-4-6-13(10-12)17(18,19)20/h4-6,10,15H,3,7-9,11H2,1-2H3,(H,21,25)/t15-/m0/s1. The van der Waals surface area contributed by atoms with Crippen molar-refractivity contribution in [3.05, 3.63) is 35.4 Å². The van der Waals surface area contributed by atoms with Gasteiger partial charge in [-0.25, -0.2) is 4.79 Å². The fourth-order valence-corrected chi connectivity index (χ4v) is 3.78. The van der Waals surface area contributed by atoms with Crippen molar-refractivity contribution in [1.29, 1.82) is 0 Å². The molecule has 9 heteroatoms. The Kier molecular flexibility index (Phi) is 6.80. The summed E-state index contributed by atoms with van der Waals surface area (Å²) in [5.41, 5.74) is -0.292. The summed E-state index contributed by atoms with van der Waals surface area (Å²) >= 11 is 1.29. The Bertz CT molecular complexity index is 654. The molecule has 1 N–H and O–H groups in total. The number of nitrogens with one attached hydrogen (secondary N) is 1. The van der Waals surface area contributed by atoms with Crippen molar-refractivity contribution in [3.8, 4) is 0 Å². The van der Waals surface area contributed by atoms with Crippen LogP contribution in [0.3, 0.4) is 0 Å². The van der Waals surface area contributed by atoms with Crippen LogP contribution >= 0.6 is 11.8 Å². The molecule has 2 rings (SSSR count). The summed E-state index contributed by atoms with van der Waals surface area (Å²) in [6.07, 6.45) is -3.61. The maximum Gasteiger partial charge on any atom is 0.416 e. The molecule has 1 heterocycles. The number of thioether (sulfide) groups is 1. The van der Waals surface area contributed by atoms with Crippen LogP contribution in [0.15, 0.2) is 24.3 Å². The van der Waals surface area contributed by atoms with E-state index in [1.165, 1.54) is 27.6 Å². The summed E-state index contributed by atoms with van der Waals surface area (Å²) in [7, 11) is 1.62. The number of halogens is 3. The van der Waals surface area contributed by atoms with E-state index in [1.54, 1.807) is 13.1 Å². The molecule has 26 heavy (non-hydrogen) atoms. The predicted octanol–water partition coefficient (Wildman–Crippen LogP) is 3.33. The van der Waals surface area contributed by atoms with E-state index in [9.17, 15) is 22.8 Å². The van der Waals surface area contributed by atoms with Crippen molar-refractivity contribution in [2.75, 3.05) is 32.4 Å². The Morgan fingerprint density at radius 3 is 2.81 bits per heavy atom. The molecule has 1 atom stereocenters. The summed E-state index contributed by atoms with van der Waals surface area (Å²) in [6, 6.07) is 4.81. The van der Waals surface area contributed by atoms with Gasteiger partial charge >= 0.3 is 12.2 Å². The monoisotopic (exact) mass is 389 g/mol. The van der Waals surface area contributed by atoms with E-state index in [1.807, 2.05) is 6.92 Å². The first-order valence-corrected chi connectivity index (χ1v) is 9.36. The van der Waals surface area contributed by atoms with Crippen LogP contribution in [0.1, 0.15) is 29.8 Å². The highest BCUT2D eigenvalue weighted by atomic mass is 32.2. The van der Waals surface area contributed by atoms with E-state index in [0.29, 0.717) is 18.7 Å². The van der Waals surface area contributed by atoms with E-state index in [-0.39, 0.29) is 24.2 Å². The number of hydrogen-bond donors (Lipinski definition) is 1. The fourth-order valence-electron chi connectivity index (χ4n) is 2.57. The lowest BCUT2D eigenvalue weighted by Gasteiger charge is -2.27. The Hall–Kier alpha value is -1.90. The molecule has 0 bridgehead atoms. The van der Waals surface area contributed by atoms with Crippen LogP contribution in [0.25, 0.3) is 0 Å². The largest absolute Gasteiger partial charge is 0.416 e. The van der Waals surface area contributed by atoms with Gasteiger partial charge in [-0.2, -0.15) is 13.2 Å². The average Bonchev–Trinajstić information content (AvgIpc) is 2.97. The first-order chi connectivity index (χ1) is 12.2. The fraction of sp³-hybridized carbons (Fsp3) is 0.529. The first-order valence-electron chi connectivity index (χ1n) is 8.31. The molecule has 0 radical (unpaired) electrons. The third-order valence-electron chi connectivity index (χ3n) is 4.02. The molecular weight excluding hydrogens is 367 g/mol. The molecule has 0 saturated carbocycles. The average molecular weight is 389 g/mol. The molecule has 1 aliphatic rings. The third kappa shape index (κ3) is 5.06. The number of urea groups is 1.